The van der Waals surface area contributed by atoms with Gasteiger partial charge in [0.25, 0.3) is 0 Å². The third-order valence-electron chi connectivity index (χ3n) is 5.06. The van der Waals surface area contributed by atoms with E-state index in [1.807, 2.05) is 0 Å². The Kier molecular flexibility index (Phi) is 5.30. The zero-order valence-corrected chi connectivity index (χ0v) is 11.5. The largest absolute Gasteiger partial charge is 0.330 e. The Balaban J connectivity index is 1.90. The van der Waals surface area contributed by atoms with E-state index < -0.39 is 0 Å². The number of nitrogens with two attached hydrogens (primary N) is 1. The highest BCUT2D eigenvalue weighted by Gasteiger charge is 2.30. The highest BCUT2D eigenvalue weighted by Crippen LogP contribution is 2.33. The standard InChI is InChI=1S/C15H30N2/c1-2-15-9-4-3-5-10-17(15)12-14-8-6-7-13(14)11-16/h13-15H,2-12,16H2,1H3. The summed E-state index contributed by atoms with van der Waals surface area (Å²) < 4.78 is 0. The zero-order chi connectivity index (χ0) is 12.1. The van der Waals surface area contributed by atoms with Gasteiger partial charge in [-0.25, -0.2) is 0 Å². The van der Waals surface area contributed by atoms with Crippen molar-refractivity contribution in [1.82, 2.24) is 4.90 Å². The predicted octanol–water partition coefficient (Wildman–Crippen LogP) is 3.02. The van der Waals surface area contributed by atoms with Crippen LogP contribution >= 0.6 is 0 Å². The highest BCUT2D eigenvalue weighted by atomic mass is 15.2. The fraction of sp³-hybridized carbons (Fsp3) is 1.00. The number of hydrogen-bond acceptors (Lipinski definition) is 2. The average molecular weight is 238 g/mol. The van der Waals surface area contributed by atoms with E-state index in [-0.39, 0.29) is 0 Å². The van der Waals surface area contributed by atoms with Gasteiger partial charge in [0.2, 0.25) is 0 Å². The molecule has 100 valence electrons. The molecule has 0 radical (unpaired) electrons. The summed E-state index contributed by atoms with van der Waals surface area (Å²) in [6, 6.07) is 0.858. The van der Waals surface area contributed by atoms with Gasteiger partial charge in [-0.3, -0.25) is 0 Å². The van der Waals surface area contributed by atoms with Gasteiger partial charge in [-0.2, -0.15) is 0 Å². The minimum Gasteiger partial charge on any atom is -0.330 e. The topological polar surface area (TPSA) is 29.3 Å². The maximum Gasteiger partial charge on any atom is 0.00927 e. The highest BCUT2D eigenvalue weighted by molar-refractivity contribution is 4.83. The van der Waals surface area contributed by atoms with Gasteiger partial charge in [0, 0.05) is 12.6 Å². The summed E-state index contributed by atoms with van der Waals surface area (Å²) in [7, 11) is 0. The van der Waals surface area contributed by atoms with Gasteiger partial charge in [-0.15, -0.1) is 0 Å². The Morgan fingerprint density at radius 2 is 1.82 bits per heavy atom. The van der Waals surface area contributed by atoms with Crippen LogP contribution in [0.15, 0.2) is 0 Å². The first kappa shape index (κ1) is 13.4. The third kappa shape index (κ3) is 3.45. The number of nitrogens with zero attached hydrogens (tertiary/aromatic N) is 1. The fourth-order valence-corrected chi connectivity index (χ4v) is 3.90. The van der Waals surface area contributed by atoms with Crippen LogP contribution in [0.2, 0.25) is 0 Å². The van der Waals surface area contributed by atoms with Gasteiger partial charge >= 0.3 is 0 Å². The van der Waals surface area contributed by atoms with Crippen molar-refractivity contribution in [2.75, 3.05) is 19.6 Å². The van der Waals surface area contributed by atoms with Crippen LogP contribution in [0.1, 0.15) is 58.3 Å². The molecule has 2 nitrogen and oxygen atoms in total. The Labute approximate surface area is 107 Å². The Hall–Kier alpha value is -0.0800. The molecule has 1 saturated carbocycles. The summed E-state index contributed by atoms with van der Waals surface area (Å²) in [5, 5.41) is 0. The van der Waals surface area contributed by atoms with Crippen molar-refractivity contribution >= 4 is 0 Å². The summed E-state index contributed by atoms with van der Waals surface area (Å²) in [5.74, 6) is 1.71. The maximum atomic E-state index is 5.91. The van der Waals surface area contributed by atoms with Crippen molar-refractivity contribution < 1.29 is 0 Å². The van der Waals surface area contributed by atoms with Crippen LogP contribution in [0, 0.1) is 11.8 Å². The molecule has 0 aromatic carbocycles. The van der Waals surface area contributed by atoms with E-state index in [4.69, 9.17) is 5.73 Å². The van der Waals surface area contributed by atoms with Gasteiger partial charge in [-0.1, -0.05) is 26.2 Å². The quantitative estimate of drug-likeness (QED) is 0.816. The summed E-state index contributed by atoms with van der Waals surface area (Å²) in [5.41, 5.74) is 5.91. The smallest absolute Gasteiger partial charge is 0.00927 e. The molecule has 3 unspecified atom stereocenters. The van der Waals surface area contributed by atoms with Gasteiger partial charge in [0.15, 0.2) is 0 Å². The van der Waals surface area contributed by atoms with Crippen molar-refractivity contribution in [2.45, 2.75) is 64.3 Å². The summed E-state index contributed by atoms with van der Waals surface area (Å²) in [6.45, 7) is 5.94. The van der Waals surface area contributed by atoms with Crippen molar-refractivity contribution in [3.05, 3.63) is 0 Å². The molecule has 2 heteroatoms. The second-order valence-corrected chi connectivity index (χ2v) is 6.09. The molecule has 1 aliphatic heterocycles. The van der Waals surface area contributed by atoms with Crippen molar-refractivity contribution in [3.8, 4) is 0 Å². The van der Waals surface area contributed by atoms with Gasteiger partial charge in [0.1, 0.15) is 0 Å². The van der Waals surface area contributed by atoms with E-state index in [1.165, 1.54) is 64.5 Å². The minimum atomic E-state index is 0.816. The third-order valence-corrected chi connectivity index (χ3v) is 5.06. The van der Waals surface area contributed by atoms with E-state index in [9.17, 15) is 0 Å². The van der Waals surface area contributed by atoms with E-state index in [1.54, 1.807) is 0 Å². The maximum absolute atomic E-state index is 5.91. The molecule has 0 aromatic rings. The van der Waals surface area contributed by atoms with Crippen LogP contribution in [0.3, 0.4) is 0 Å². The molecule has 1 saturated heterocycles. The first-order chi connectivity index (χ1) is 8.35. The number of likely N-dealkylation sites (tertiary alicyclic amines) is 1. The minimum absolute atomic E-state index is 0.816. The zero-order valence-electron chi connectivity index (χ0n) is 11.5. The molecule has 1 heterocycles. The molecule has 2 fully saturated rings. The van der Waals surface area contributed by atoms with Crippen molar-refractivity contribution in [3.63, 3.8) is 0 Å². The molecule has 2 aliphatic rings. The molecular formula is C15H30N2. The normalized spacial score (nSPS) is 36.0. The summed E-state index contributed by atoms with van der Waals surface area (Å²) in [6.07, 6.45) is 11.3. The lowest BCUT2D eigenvalue weighted by Crippen LogP contribution is -2.39. The lowest BCUT2D eigenvalue weighted by Gasteiger charge is -2.33. The molecule has 2 N–H and O–H groups in total. The first-order valence-electron chi connectivity index (χ1n) is 7.79. The van der Waals surface area contributed by atoms with E-state index >= 15 is 0 Å². The molecule has 0 aromatic heterocycles. The van der Waals surface area contributed by atoms with E-state index in [0.29, 0.717) is 0 Å². The molecule has 17 heavy (non-hydrogen) atoms. The second-order valence-electron chi connectivity index (χ2n) is 6.09. The summed E-state index contributed by atoms with van der Waals surface area (Å²) in [4.78, 5) is 2.80. The SMILES string of the molecule is CCC1CCCCCN1CC1CCCC1CN. The number of hydrogen-bond donors (Lipinski definition) is 1. The molecule has 0 bridgehead atoms. The van der Waals surface area contributed by atoms with Crippen LogP contribution < -0.4 is 5.73 Å². The van der Waals surface area contributed by atoms with Crippen LogP contribution in [0.5, 0.6) is 0 Å². The molecule has 0 spiro atoms. The second kappa shape index (κ2) is 6.75. The predicted molar refractivity (Wildman–Crippen MR) is 74.0 cm³/mol. The molecular weight excluding hydrogens is 208 g/mol. The molecule has 2 rings (SSSR count). The van der Waals surface area contributed by atoms with Crippen molar-refractivity contribution in [1.29, 1.82) is 0 Å². The fourth-order valence-electron chi connectivity index (χ4n) is 3.90. The van der Waals surface area contributed by atoms with Gasteiger partial charge < -0.3 is 10.6 Å². The van der Waals surface area contributed by atoms with Gasteiger partial charge in [-0.05, 0) is 57.0 Å². The van der Waals surface area contributed by atoms with E-state index in [2.05, 4.69) is 11.8 Å². The van der Waals surface area contributed by atoms with Crippen LogP contribution in [-0.2, 0) is 0 Å². The number of rotatable bonds is 4. The van der Waals surface area contributed by atoms with Crippen LogP contribution in [0.25, 0.3) is 0 Å². The lowest BCUT2D eigenvalue weighted by atomic mass is 9.94. The van der Waals surface area contributed by atoms with Crippen LogP contribution in [0.4, 0.5) is 0 Å². The van der Waals surface area contributed by atoms with Gasteiger partial charge in [0.05, 0.1) is 0 Å². The van der Waals surface area contributed by atoms with E-state index in [0.717, 1.165) is 24.4 Å². The Morgan fingerprint density at radius 3 is 2.59 bits per heavy atom. The Morgan fingerprint density at radius 1 is 1.00 bits per heavy atom. The first-order valence-corrected chi connectivity index (χ1v) is 7.79. The molecule has 3 atom stereocenters. The van der Waals surface area contributed by atoms with Crippen molar-refractivity contribution in [2.24, 2.45) is 17.6 Å². The van der Waals surface area contributed by atoms with Crippen LogP contribution in [-0.4, -0.2) is 30.6 Å². The Bertz CT molecular complexity index is 217. The summed E-state index contributed by atoms with van der Waals surface area (Å²) >= 11 is 0. The lowest BCUT2D eigenvalue weighted by molar-refractivity contribution is 0.150. The molecule has 0 amide bonds. The molecule has 1 aliphatic carbocycles. The average Bonchev–Trinajstić information content (AvgIpc) is 2.67. The monoisotopic (exact) mass is 238 g/mol.